The summed E-state index contributed by atoms with van der Waals surface area (Å²) in [5.74, 6) is 1.20. The second-order valence-electron chi connectivity index (χ2n) is 7.31. The maximum Gasteiger partial charge on any atom is 0.237 e. The number of ether oxygens (including phenoxy) is 2. The van der Waals surface area contributed by atoms with Crippen LogP contribution in [0.25, 0.3) is 22.5 Å². The van der Waals surface area contributed by atoms with Crippen molar-refractivity contribution in [3.63, 3.8) is 0 Å². The molecule has 0 bridgehead atoms. The van der Waals surface area contributed by atoms with E-state index in [1.54, 1.807) is 18.2 Å². The van der Waals surface area contributed by atoms with Crippen LogP contribution in [-0.4, -0.2) is 27.9 Å². The van der Waals surface area contributed by atoms with Crippen molar-refractivity contribution in [2.24, 2.45) is 0 Å². The number of imidazole rings is 1. The Kier molecular flexibility index (Phi) is 5.56. The van der Waals surface area contributed by atoms with Crippen LogP contribution in [0.4, 0.5) is 5.69 Å². The number of hydrogen-bond acceptors (Lipinski definition) is 5. The molecular weight excluding hydrogens is 422 g/mol. The molecule has 1 amide bonds. The van der Waals surface area contributed by atoms with E-state index in [1.165, 1.54) is 11.8 Å². The number of fused-ring (bicyclic) bond motifs is 1. The molecule has 0 aliphatic carbocycles. The highest BCUT2D eigenvalue weighted by Crippen LogP contribution is 2.36. The van der Waals surface area contributed by atoms with Gasteiger partial charge in [0.1, 0.15) is 0 Å². The minimum Gasteiger partial charge on any atom is -0.454 e. The lowest BCUT2D eigenvalue weighted by Crippen LogP contribution is -2.22. The Morgan fingerprint density at radius 3 is 2.41 bits per heavy atom. The first-order valence-electron chi connectivity index (χ1n) is 10.3. The van der Waals surface area contributed by atoms with Gasteiger partial charge in [0.25, 0.3) is 0 Å². The molecule has 0 spiro atoms. The largest absolute Gasteiger partial charge is 0.454 e. The molecule has 1 aromatic heterocycles. The lowest BCUT2D eigenvalue weighted by atomic mass is 10.1. The molecule has 0 fully saturated rings. The molecule has 1 aliphatic rings. The van der Waals surface area contributed by atoms with Gasteiger partial charge in [-0.15, -0.1) is 0 Å². The molecule has 1 atom stereocenters. The monoisotopic (exact) mass is 443 g/mol. The summed E-state index contributed by atoms with van der Waals surface area (Å²) >= 11 is 1.39. The Morgan fingerprint density at radius 2 is 1.66 bits per heavy atom. The van der Waals surface area contributed by atoms with Crippen LogP contribution >= 0.6 is 11.8 Å². The number of anilines is 1. The standard InChI is InChI=1S/C25H21N3O3S/c1-16(24(29)26-19-12-13-20-21(14-19)31-15-30-20)32-25-27-22(17-8-4-2-5-9-17)23(28-25)18-10-6-3-7-11-18/h2-14,16H,15H2,1H3,(H,26,29)(H,27,28). The Hall–Kier alpha value is -3.71. The number of hydrogen-bond donors (Lipinski definition) is 2. The van der Waals surface area contributed by atoms with Crippen molar-refractivity contribution in [2.45, 2.75) is 17.3 Å². The zero-order valence-corrected chi connectivity index (χ0v) is 18.2. The van der Waals surface area contributed by atoms with Crippen LogP contribution in [0.2, 0.25) is 0 Å². The third-order valence-corrected chi connectivity index (χ3v) is 6.07. The van der Waals surface area contributed by atoms with Crippen LogP contribution in [-0.2, 0) is 4.79 Å². The molecule has 4 aromatic rings. The van der Waals surface area contributed by atoms with Crippen LogP contribution in [0.15, 0.2) is 84.0 Å². The number of benzene rings is 3. The second kappa shape index (κ2) is 8.80. The van der Waals surface area contributed by atoms with Gasteiger partial charge in [-0.3, -0.25) is 4.79 Å². The summed E-state index contributed by atoms with van der Waals surface area (Å²) in [6, 6.07) is 25.5. The summed E-state index contributed by atoms with van der Waals surface area (Å²) in [5.41, 5.74) is 4.53. The van der Waals surface area contributed by atoms with Gasteiger partial charge in [0, 0.05) is 22.9 Å². The first-order chi connectivity index (χ1) is 15.7. The van der Waals surface area contributed by atoms with Crippen LogP contribution in [0.3, 0.4) is 0 Å². The maximum atomic E-state index is 12.8. The van der Waals surface area contributed by atoms with Gasteiger partial charge in [-0.05, 0) is 19.1 Å². The topological polar surface area (TPSA) is 76.2 Å². The molecule has 2 heterocycles. The number of carbonyl (C=O) groups excluding carboxylic acids is 1. The van der Waals surface area contributed by atoms with E-state index in [0.717, 1.165) is 22.5 Å². The van der Waals surface area contributed by atoms with E-state index in [-0.39, 0.29) is 18.0 Å². The zero-order valence-electron chi connectivity index (χ0n) is 17.4. The van der Waals surface area contributed by atoms with Crippen LogP contribution in [0.1, 0.15) is 6.92 Å². The third-order valence-electron chi connectivity index (χ3n) is 5.09. The minimum atomic E-state index is -0.362. The normalized spacial score (nSPS) is 13.0. The van der Waals surface area contributed by atoms with Crippen molar-refractivity contribution in [2.75, 3.05) is 12.1 Å². The number of amides is 1. The molecule has 3 aromatic carbocycles. The van der Waals surface area contributed by atoms with Crippen molar-refractivity contribution in [1.29, 1.82) is 0 Å². The number of nitrogens with one attached hydrogen (secondary N) is 2. The van der Waals surface area contributed by atoms with E-state index in [0.29, 0.717) is 22.3 Å². The molecule has 0 radical (unpaired) electrons. The fourth-order valence-corrected chi connectivity index (χ4v) is 4.27. The van der Waals surface area contributed by atoms with E-state index in [1.807, 2.05) is 67.6 Å². The molecule has 0 saturated heterocycles. The van der Waals surface area contributed by atoms with Gasteiger partial charge >= 0.3 is 0 Å². The molecular formula is C25H21N3O3S. The third kappa shape index (κ3) is 4.20. The van der Waals surface area contributed by atoms with Crippen LogP contribution < -0.4 is 14.8 Å². The van der Waals surface area contributed by atoms with Gasteiger partial charge in [-0.1, -0.05) is 72.4 Å². The van der Waals surface area contributed by atoms with E-state index in [4.69, 9.17) is 14.5 Å². The SMILES string of the molecule is CC(Sc1nc(-c2ccccc2)c(-c2ccccc2)[nH]1)C(=O)Nc1ccc2c(c1)OCO2. The summed E-state index contributed by atoms with van der Waals surface area (Å²) in [6.45, 7) is 2.06. The Labute approximate surface area is 190 Å². The van der Waals surface area contributed by atoms with Crippen LogP contribution in [0.5, 0.6) is 11.5 Å². The maximum absolute atomic E-state index is 12.8. The molecule has 6 nitrogen and oxygen atoms in total. The van der Waals surface area contributed by atoms with E-state index >= 15 is 0 Å². The minimum absolute atomic E-state index is 0.118. The van der Waals surface area contributed by atoms with Gasteiger partial charge in [0.2, 0.25) is 12.7 Å². The molecule has 1 unspecified atom stereocenters. The average Bonchev–Trinajstić information content (AvgIpc) is 3.47. The number of rotatable bonds is 6. The van der Waals surface area contributed by atoms with Gasteiger partial charge < -0.3 is 19.8 Å². The lowest BCUT2D eigenvalue weighted by Gasteiger charge is -2.11. The highest BCUT2D eigenvalue weighted by atomic mass is 32.2. The highest BCUT2D eigenvalue weighted by molar-refractivity contribution is 8.00. The fraction of sp³-hybridized carbons (Fsp3) is 0.120. The van der Waals surface area contributed by atoms with Gasteiger partial charge in [-0.2, -0.15) is 0 Å². The second-order valence-corrected chi connectivity index (χ2v) is 8.64. The van der Waals surface area contributed by atoms with E-state index < -0.39 is 0 Å². The smallest absolute Gasteiger partial charge is 0.237 e. The summed E-state index contributed by atoms with van der Waals surface area (Å²) in [6.07, 6.45) is 0. The molecule has 160 valence electrons. The number of aromatic nitrogens is 2. The van der Waals surface area contributed by atoms with E-state index in [2.05, 4.69) is 10.3 Å². The zero-order chi connectivity index (χ0) is 21.9. The molecule has 2 N–H and O–H groups in total. The van der Waals surface area contributed by atoms with Crippen molar-refractivity contribution in [1.82, 2.24) is 9.97 Å². The molecule has 0 saturated carbocycles. The molecule has 7 heteroatoms. The number of thioether (sulfide) groups is 1. The molecule has 5 rings (SSSR count). The number of nitrogens with zero attached hydrogens (tertiary/aromatic N) is 1. The van der Waals surface area contributed by atoms with Gasteiger partial charge in [-0.25, -0.2) is 4.98 Å². The highest BCUT2D eigenvalue weighted by Gasteiger charge is 2.21. The predicted molar refractivity (Wildman–Crippen MR) is 126 cm³/mol. The van der Waals surface area contributed by atoms with Crippen molar-refractivity contribution < 1.29 is 14.3 Å². The van der Waals surface area contributed by atoms with Gasteiger partial charge in [0.15, 0.2) is 16.7 Å². The quantitative estimate of drug-likeness (QED) is 0.380. The summed E-state index contributed by atoms with van der Waals surface area (Å²) in [4.78, 5) is 21.0. The van der Waals surface area contributed by atoms with Gasteiger partial charge in [0.05, 0.1) is 16.6 Å². The Balaban J connectivity index is 1.36. The summed E-state index contributed by atoms with van der Waals surface area (Å²) in [5, 5.41) is 3.27. The molecule has 32 heavy (non-hydrogen) atoms. The van der Waals surface area contributed by atoms with Crippen molar-refractivity contribution in [3.8, 4) is 34.0 Å². The van der Waals surface area contributed by atoms with Crippen LogP contribution in [0, 0.1) is 0 Å². The first kappa shape index (κ1) is 20.2. The van der Waals surface area contributed by atoms with Crippen molar-refractivity contribution >= 4 is 23.4 Å². The lowest BCUT2D eigenvalue weighted by molar-refractivity contribution is -0.115. The summed E-state index contributed by atoms with van der Waals surface area (Å²) < 4.78 is 10.7. The average molecular weight is 444 g/mol. The number of carbonyl (C=O) groups is 1. The Morgan fingerprint density at radius 1 is 0.969 bits per heavy atom. The number of H-pyrrole nitrogens is 1. The molecule has 1 aliphatic heterocycles. The van der Waals surface area contributed by atoms with E-state index in [9.17, 15) is 4.79 Å². The predicted octanol–water partition coefficient (Wildman–Crippen LogP) is 5.59. The summed E-state index contributed by atoms with van der Waals surface area (Å²) in [7, 11) is 0. The first-order valence-corrected chi connectivity index (χ1v) is 11.1. The van der Waals surface area contributed by atoms with Crippen molar-refractivity contribution in [3.05, 3.63) is 78.9 Å². The Bertz CT molecular complexity index is 1190. The number of aromatic amines is 1. The fourth-order valence-electron chi connectivity index (χ4n) is 3.47.